The summed E-state index contributed by atoms with van der Waals surface area (Å²) >= 11 is 0. The molecule has 0 atom stereocenters. The van der Waals surface area contributed by atoms with Crippen molar-refractivity contribution in [2.24, 2.45) is 0 Å². The Kier molecular flexibility index (Phi) is 4.34. The van der Waals surface area contributed by atoms with Gasteiger partial charge in [-0.3, -0.25) is 4.57 Å². The van der Waals surface area contributed by atoms with Crippen molar-refractivity contribution in [3.63, 3.8) is 0 Å². The van der Waals surface area contributed by atoms with Gasteiger partial charge in [0.25, 0.3) is 0 Å². The van der Waals surface area contributed by atoms with E-state index in [0.717, 1.165) is 38.8 Å². The summed E-state index contributed by atoms with van der Waals surface area (Å²) in [5.74, 6) is 0. The van der Waals surface area contributed by atoms with Crippen molar-refractivity contribution < 1.29 is 0 Å². The zero-order valence-electron chi connectivity index (χ0n) is 19.1. The summed E-state index contributed by atoms with van der Waals surface area (Å²) in [5.41, 5.74) is 9.78. The van der Waals surface area contributed by atoms with Crippen LogP contribution in [-0.2, 0) is 5.41 Å². The van der Waals surface area contributed by atoms with E-state index in [1.807, 2.05) is 24.3 Å². The van der Waals surface area contributed by atoms with Gasteiger partial charge in [-0.25, -0.2) is 9.97 Å². The third-order valence-electron chi connectivity index (χ3n) is 6.37. The summed E-state index contributed by atoms with van der Waals surface area (Å²) < 4.78 is 2.22. The standard InChI is InChI=1S/C30H25N3/c1-30(2,3)22-16-12-20(13-17-22)21-14-18-23(19-15-21)33-27-11-7-4-8-24(27)28-29(33)32-26-10-6-5-9-25(26)31-28/h4-19H,1-3H3. The number of hydrogen-bond acceptors (Lipinski definition) is 2. The molecule has 0 aliphatic heterocycles. The molecule has 0 unspecified atom stereocenters. The third-order valence-corrected chi connectivity index (χ3v) is 6.37. The molecule has 0 fully saturated rings. The SMILES string of the molecule is CC(C)(C)c1ccc(-c2ccc(-n3c4ccccc4c4nc5ccccc5nc43)cc2)cc1. The number of rotatable bonds is 2. The Balaban J connectivity index is 1.49. The van der Waals surface area contributed by atoms with Gasteiger partial charge in [0.2, 0.25) is 0 Å². The van der Waals surface area contributed by atoms with Crippen molar-refractivity contribution in [2.75, 3.05) is 0 Å². The fourth-order valence-electron chi connectivity index (χ4n) is 4.54. The Morgan fingerprint density at radius 1 is 0.606 bits per heavy atom. The van der Waals surface area contributed by atoms with Crippen LogP contribution in [0.5, 0.6) is 0 Å². The molecule has 160 valence electrons. The van der Waals surface area contributed by atoms with E-state index in [1.54, 1.807) is 0 Å². The minimum Gasteiger partial charge on any atom is -0.293 e. The van der Waals surface area contributed by atoms with E-state index in [4.69, 9.17) is 9.97 Å². The Labute approximate surface area is 193 Å². The van der Waals surface area contributed by atoms with Crippen LogP contribution < -0.4 is 0 Å². The monoisotopic (exact) mass is 427 g/mol. The predicted octanol–water partition coefficient (Wildman–Crippen LogP) is 7.69. The van der Waals surface area contributed by atoms with Gasteiger partial charge >= 0.3 is 0 Å². The molecule has 0 aliphatic carbocycles. The van der Waals surface area contributed by atoms with Crippen LogP contribution in [0.3, 0.4) is 0 Å². The van der Waals surface area contributed by atoms with E-state index in [0.29, 0.717) is 0 Å². The minimum atomic E-state index is 0.157. The first-order valence-electron chi connectivity index (χ1n) is 11.4. The summed E-state index contributed by atoms with van der Waals surface area (Å²) in [4.78, 5) is 9.97. The fraction of sp³-hybridized carbons (Fsp3) is 0.133. The summed E-state index contributed by atoms with van der Waals surface area (Å²) in [6.45, 7) is 6.73. The highest BCUT2D eigenvalue weighted by Gasteiger charge is 2.16. The quantitative estimate of drug-likeness (QED) is 0.283. The minimum absolute atomic E-state index is 0.157. The maximum absolute atomic E-state index is 5.00. The predicted molar refractivity (Wildman–Crippen MR) is 138 cm³/mol. The average Bonchev–Trinajstić information content (AvgIpc) is 3.15. The summed E-state index contributed by atoms with van der Waals surface area (Å²) in [5, 5.41) is 1.12. The fourth-order valence-corrected chi connectivity index (χ4v) is 4.54. The number of fused-ring (bicyclic) bond motifs is 4. The first-order chi connectivity index (χ1) is 16.0. The molecule has 33 heavy (non-hydrogen) atoms. The molecule has 0 spiro atoms. The van der Waals surface area contributed by atoms with E-state index < -0.39 is 0 Å². The van der Waals surface area contributed by atoms with E-state index in [9.17, 15) is 0 Å². The number of para-hydroxylation sites is 3. The second kappa shape index (κ2) is 7.28. The van der Waals surface area contributed by atoms with Gasteiger partial charge in [0.05, 0.1) is 16.6 Å². The first-order valence-corrected chi connectivity index (χ1v) is 11.4. The van der Waals surface area contributed by atoms with Crippen LogP contribution in [0.25, 0.3) is 49.9 Å². The molecule has 0 radical (unpaired) electrons. The zero-order valence-corrected chi connectivity index (χ0v) is 19.1. The highest BCUT2D eigenvalue weighted by molar-refractivity contribution is 6.07. The molecule has 0 saturated heterocycles. The van der Waals surface area contributed by atoms with Gasteiger partial charge in [-0.05, 0) is 52.4 Å². The highest BCUT2D eigenvalue weighted by Crippen LogP contribution is 2.32. The molecular weight excluding hydrogens is 402 g/mol. The van der Waals surface area contributed by atoms with Crippen LogP contribution in [-0.4, -0.2) is 14.5 Å². The maximum atomic E-state index is 5.00. The normalized spacial score (nSPS) is 12.1. The molecule has 0 aliphatic rings. The molecule has 0 saturated carbocycles. The topological polar surface area (TPSA) is 30.7 Å². The Morgan fingerprint density at radius 3 is 1.85 bits per heavy atom. The van der Waals surface area contributed by atoms with Crippen LogP contribution in [0.4, 0.5) is 0 Å². The lowest BCUT2D eigenvalue weighted by Gasteiger charge is -2.19. The van der Waals surface area contributed by atoms with Crippen LogP contribution in [0.1, 0.15) is 26.3 Å². The van der Waals surface area contributed by atoms with Gasteiger partial charge in [0, 0.05) is 11.1 Å². The molecule has 2 heterocycles. The van der Waals surface area contributed by atoms with Gasteiger partial charge in [0.1, 0.15) is 5.52 Å². The van der Waals surface area contributed by atoms with Gasteiger partial charge < -0.3 is 0 Å². The van der Waals surface area contributed by atoms with Crippen LogP contribution >= 0.6 is 0 Å². The van der Waals surface area contributed by atoms with Crippen molar-refractivity contribution in [3.05, 3.63) is 103 Å². The van der Waals surface area contributed by atoms with Crippen LogP contribution in [0.15, 0.2) is 97.1 Å². The number of nitrogens with zero attached hydrogens (tertiary/aromatic N) is 3. The van der Waals surface area contributed by atoms with E-state index >= 15 is 0 Å². The average molecular weight is 428 g/mol. The van der Waals surface area contributed by atoms with Gasteiger partial charge in [0.15, 0.2) is 5.65 Å². The lowest BCUT2D eigenvalue weighted by Crippen LogP contribution is -2.10. The van der Waals surface area contributed by atoms with Crippen molar-refractivity contribution in [3.8, 4) is 16.8 Å². The van der Waals surface area contributed by atoms with Crippen molar-refractivity contribution >= 4 is 33.1 Å². The van der Waals surface area contributed by atoms with E-state index in [-0.39, 0.29) is 5.41 Å². The molecule has 3 heteroatoms. The summed E-state index contributed by atoms with van der Waals surface area (Å²) in [6, 6.07) is 34.1. The second-order valence-corrected chi connectivity index (χ2v) is 9.61. The van der Waals surface area contributed by atoms with Crippen molar-refractivity contribution in [1.29, 1.82) is 0 Å². The zero-order chi connectivity index (χ0) is 22.6. The van der Waals surface area contributed by atoms with Gasteiger partial charge in [-0.15, -0.1) is 0 Å². The van der Waals surface area contributed by atoms with Crippen LogP contribution in [0.2, 0.25) is 0 Å². The molecule has 2 aromatic heterocycles. The van der Waals surface area contributed by atoms with E-state index in [1.165, 1.54) is 16.7 Å². The number of aromatic nitrogens is 3. The molecule has 0 amide bonds. The Hall–Kier alpha value is -3.98. The molecule has 6 aromatic rings. The lowest BCUT2D eigenvalue weighted by molar-refractivity contribution is 0.590. The second-order valence-electron chi connectivity index (χ2n) is 9.61. The largest absolute Gasteiger partial charge is 0.293 e. The molecule has 3 nitrogen and oxygen atoms in total. The third kappa shape index (κ3) is 3.28. The molecular formula is C30H25N3. The molecule has 6 rings (SSSR count). The first kappa shape index (κ1) is 19.7. The molecule has 4 aromatic carbocycles. The van der Waals surface area contributed by atoms with E-state index in [2.05, 4.69) is 98.1 Å². The number of benzene rings is 4. The Morgan fingerprint density at radius 2 is 1.18 bits per heavy atom. The summed E-state index contributed by atoms with van der Waals surface area (Å²) in [7, 11) is 0. The smallest absolute Gasteiger partial charge is 0.165 e. The molecule has 0 bridgehead atoms. The highest BCUT2D eigenvalue weighted by atomic mass is 15.1. The lowest BCUT2D eigenvalue weighted by atomic mass is 9.86. The molecule has 0 N–H and O–H groups in total. The van der Waals surface area contributed by atoms with Crippen LogP contribution in [0, 0.1) is 0 Å². The Bertz CT molecular complexity index is 1620. The van der Waals surface area contributed by atoms with Gasteiger partial charge in [-0.2, -0.15) is 0 Å². The maximum Gasteiger partial charge on any atom is 0.165 e. The summed E-state index contributed by atoms with van der Waals surface area (Å²) in [6.07, 6.45) is 0. The van der Waals surface area contributed by atoms with Crippen molar-refractivity contribution in [2.45, 2.75) is 26.2 Å². The van der Waals surface area contributed by atoms with Crippen molar-refractivity contribution in [1.82, 2.24) is 14.5 Å². The van der Waals surface area contributed by atoms with Gasteiger partial charge in [-0.1, -0.05) is 87.5 Å². The number of hydrogen-bond donors (Lipinski definition) is 0.